The molecule has 0 saturated heterocycles. The molecular weight excluding hydrogens is 427 g/mol. The normalized spacial score (nSPS) is 15.8. The van der Waals surface area contributed by atoms with Crippen LogP contribution in [0.3, 0.4) is 0 Å². The highest BCUT2D eigenvalue weighted by atomic mass is 35.5. The van der Waals surface area contributed by atoms with Crippen LogP contribution in [0.15, 0.2) is 36.0 Å². The predicted molar refractivity (Wildman–Crippen MR) is 120 cm³/mol. The highest BCUT2D eigenvalue weighted by molar-refractivity contribution is 7.99. The van der Waals surface area contributed by atoms with Gasteiger partial charge in [0.2, 0.25) is 5.91 Å². The lowest BCUT2D eigenvalue weighted by molar-refractivity contribution is -0.119. The third-order valence-electron chi connectivity index (χ3n) is 5.17. The standard InChI is InChI=1S/C21H26Cl2N4OS/c1-3-11-27-20(15-7-5-4-6-8-15)25-26-21(27)29-13-19(28)24-14(2)17-10-9-16(22)12-18(17)23/h3,9-10,12,14-15H,1,4-8,11,13H2,2H3,(H,24,28). The van der Waals surface area contributed by atoms with E-state index in [4.69, 9.17) is 23.2 Å². The number of carbonyl (C=O) groups excluding carboxylic acids is 1. The van der Waals surface area contributed by atoms with Crippen molar-refractivity contribution in [3.8, 4) is 0 Å². The first-order valence-electron chi connectivity index (χ1n) is 9.90. The van der Waals surface area contributed by atoms with Gasteiger partial charge in [-0.05, 0) is 37.5 Å². The number of allylic oxidation sites excluding steroid dienone is 1. The molecule has 1 aromatic heterocycles. The highest BCUT2D eigenvalue weighted by Crippen LogP contribution is 2.33. The second-order valence-electron chi connectivity index (χ2n) is 7.32. The van der Waals surface area contributed by atoms with Crippen molar-refractivity contribution in [2.75, 3.05) is 5.75 Å². The van der Waals surface area contributed by atoms with Crippen molar-refractivity contribution in [2.45, 2.75) is 62.7 Å². The summed E-state index contributed by atoms with van der Waals surface area (Å²) < 4.78 is 2.10. The molecule has 1 fully saturated rings. The van der Waals surface area contributed by atoms with Crippen LogP contribution in [0, 0.1) is 0 Å². The van der Waals surface area contributed by atoms with Gasteiger partial charge < -0.3 is 9.88 Å². The van der Waals surface area contributed by atoms with Gasteiger partial charge in [-0.2, -0.15) is 0 Å². The molecule has 0 bridgehead atoms. The molecule has 1 aliphatic rings. The molecule has 1 unspecified atom stereocenters. The zero-order chi connectivity index (χ0) is 20.8. The fraction of sp³-hybridized carbons (Fsp3) is 0.476. The molecule has 0 aliphatic heterocycles. The fourth-order valence-corrected chi connectivity index (χ4v) is 5.05. The van der Waals surface area contributed by atoms with E-state index in [1.165, 1.54) is 31.0 Å². The van der Waals surface area contributed by atoms with Crippen LogP contribution in [0.5, 0.6) is 0 Å². The van der Waals surface area contributed by atoms with E-state index in [1.807, 2.05) is 19.1 Å². The van der Waals surface area contributed by atoms with E-state index in [2.05, 4.69) is 26.7 Å². The maximum absolute atomic E-state index is 12.5. The minimum absolute atomic E-state index is 0.0825. The molecule has 1 amide bonds. The van der Waals surface area contributed by atoms with E-state index in [1.54, 1.807) is 12.1 Å². The van der Waals surface area contributed by atoms with Gasteiger partial charge in [0.25, 0.3) is 0 Å². The third kappa shape index (κ3) is 5.77. The summed E-state index contributed by atoms with van der Waals surface area (Å²) in [7, 11) is 0. The Morgan fingerprint density at radius 3 is 2.79 bits per heavy atom. The Morgan fingerprint density at radius 1 is 1.34 bits per heavy atom. The average Bonchev–Trinajstić information content (AvgIpc) is 3.10. The molecule has 156 valence electrons. The molecule has 5 nitrogen and oxygen atoms in total. The van der Waals surface area contributed by atoms with Gasteiger partial charge >= 0.3 is 0 Å². The number of nitrogens with one attached hydrogen (secondary N) is 1. The molecule has 1 heterocycles. The fourth-order valence-electron chi connectivity index (χ4n) is 3.71. The van der Waals surface area contributed by atoms with Crippen LogP contribution in [0.2, 0.25) is 10.0 Å². The Morgan fingerprint density at radius 2 is 2.10 bits per heavy atom. The monoisotopic (exact) mass is 452 g/mol. The van der Waals surface area contributed by atoms with E-state index in [9.17, 15) is 4.79 Å². The van der Waals surface area contributed by atoms with Gasteiger partial charge in [-0.1, -0.05) is 66.4 Å². The van der Waals surface area contributed by atoms with E-state index in [0.717, 1.165) is 29.4 Å². The number of thioether (sulfide) groups is 1. The summed E-state index contributed by atoms with van der Waals surface area (Å²) in [4.78, 5) is 12.5. The molecule has 1 saturated carbocycles. The summed E-state index contributed by atoms with van der Waals surface area (Å²) in [6.07, 6.45) is 7.93. The third-order valence-corrected chi connectivity index (χ3v) is 6.70. The number of benzene rings is 1. The van der Waals surface area contributed by atoms with Crippen molar-refractivity contribution < 1.29 is 4.79 Å². The largest absolute Gasteiger partial charge is 0.349 e. The Balaban J connectivity index is 1.62. The SMILES string of the molecule is C=CCn1c(SCC(=O)NC(C)c2ccc(Cl)cc2Cl)nnc1C1CCCCC1. The van der Waals surface area contributed by atoms with Crippen LogP contribution in [-0.4, -0.2) is 26.4 Å². The van der Waals surface area contributed by atoms with Crippen LogP contribution in [0.1, 0.15) is 62.4 Å². The maximum atomic E-state index is 12.5. The summed E-state index contributed by atoms with van der Waals surface area (Å²) >= 11 is 13.6. The van der Waals surface area contributed by atoms with Crippen molar-refractivity contribution in [3.63, 3.8) is 0 Å². The first kappa shape index (κ1) is 22.2. The second-order valence-corrected chi connectivity index (χ2v) is 9.10. The van der Waals surface area contributed by atoms with Gasteiger partial charge in [-0.3, -0.25) is 4.79 Å². The smallest absolute Gasteiger partial charge is 0.230 e. The minimum Gasteiger partial charge on any atom is -0.349 e. The molecule has 1 atom stereocenters. The Labute approximate surface area is 186 Å². The quantitative estimate of drug-likeness (QED) is 0.406. The molecule has 2 aromatic rings. The van der Waals surface area contributed by atoms with Crippen LogP contribution < -0.4 is 5.32 Å². The number of nitrogens with zero attached hydrogens (tertiary/aromatic N) is 3. The molecule has 1 aliphatic carbocycles. The van der Waals surface area contributed by atoms with Gasteiger partial charge in [0.05, 0.1) is 11.8 Å². The van der Waals surface area contributed by atoms with Crippen molar-refractivity contribution in [3.05, 3.63) is 52.3 Å². The molecule has 0 radical (unpaired) electrons. The first-order chi connectivity index (χ1) is 14.0. The number of hydrogen-bond acceptors (Lipinski definition) is 4. The van der Waals surface area contributed by atoms with E-state index in [-0.39, 0.29) is 17.7 Å². The van der Waals surface area contributed by atoms with Crippen molar-refractivity contribution in [2.24, 2.45) is 0 Å². The predicted octanol–water partition coefficient (Wildman–Crippen LogP) is 5.79. The molecule has 3 rings (SSSR count). The van der Waals surface area contributed by atoms with Gasteiger partial charge in [-0.15, -0.1) is 16.8 Å². The summed E-state index contributed by atoms with van der Waals surface area (Å²) in [5.74, 6) is 1.65. The van der Waals surface area contributed by atoms with Crippen molar-refractivity contribution in [1.29, 1.82) is 0 Å². The maximum Gasteiger partial charge on any atom is 0.230 e. The lowest BCUT2D eigenvalue weighted by Crippen LogP contribution is -2.28. The van der Waals surface area contributed by atoms with E-state index < -0.39 is 0 Å². The lowest BCUT2D eigenvalue weighted by Gasteiger charge is -2.21. The number of halogens is 2. The Hall–Kier alpha value is -1.50. The van der Waals surface area contributed by atoms with E-state index >= 15 is 0 Å². The summed E-state index contributed by atoms with van der Waals surface area (Å²) in [6.45, 7) is 6.41. The van der Waals surface area contributed by atoms with Gasteiger partial charge in [0, 0.05) is 22.5 Å². The van der Waals surface area contributed by atoms with Crippen LogP contribution in [-0.2, 0) is 11.3 Å². The van der Waals surface area contributed by atoms with Crippen LogP contribution in [0.25, 0.3) is 0 Å². The van der Waals surface area contributed by atoms with Crippen LogP contribution >= 0.6 is 35.0 Å². The number of hydrogen-bond donors (Lipinski definition) is 1. The number of rotatable bonds is 8. The van der Waals surface area contributed by atoms with Crippen molar-refractivity contribution in [1.82, 2.24) is 20.1 Å². The Kier molecular flexibility index (Phi) is 8.04. The summed E-state index contributed by atoms with van der Waals surface area (Å²) in [6, 6.07) is 5.07. The van der Waals surface area contributed by atoms with Gasteiger partial charge in [-0.25, -0.2) is 0 Å². The molecule has 0 spiro atoms. The summed E-state index contributed by atoms with van der Waals surface area (Å²) in [5, 5.41) is 13.7. The molecular formula is C21H26Cl2N4OS. The van der Waals surface area contributed by atoms with Crippen molar-refractivity contribution >= 4 is 40.9 Å². The number of aromatic nitrogens is 3. The van der Waals surface area contributed by atoms with Gasteiger partial charge in [0.15, 0.2) is 5.16 Å². The molecule has 8 heteroatoms. The number of amides is 1. The first-order valence-corrected chi connectivity index (χ1v) is 11.6. The lowest BCUT2D eigenvalue weighted by atomic mass is 9.89. The van der Waals surface area contributed by atoms with Crippen LogP contribution in [0.4, 0.5) is 0 Å². The second kappa shape index (κ2) is 10.5. The van der Waals surface area contributed by atoms with Gasteiger partial charge in [0.1, 0.15) is 5.82 Å². The topological polar surface area (TPSA) is 59.8 Å². The average molecular weight is 453 g/mol. The zero-order valence-corrected chi connectivity index (χ0v) is 18.9. The minimum atomic E-state index is -0.211. The molecule has 1 aromatic carbocycles. The molecule has 1 N–H and O–H groups in total. The zero-order valence-electron chi connectivity index (χ0n) is 16.5. The summed E-state index contributed by atoms with van der Waals surface area (Å²) in [5.41, 5.74) is 0.837. The highest BCUT2D eigenvalue weighted by Gasteiger charge is 2.23. The van der Waals surface area contributed by atoms with E-state index in [0.29, 0.717) is 22.5 Å². The Bertz CT molecular complexity index is 864. The molecule has 29 heavy (non-hydrogen) atoms. The number of carbonyl (C=O) groups is 1.